The van der Waals surface area contributed by atoms with Gasteiger partial charge in [-0.1, -0.05) is 35.9 Å². The molecule has 1 N–H and O–H groups in total. The molecular weight excluding hydrogens is 262 g/mol. The Morgan fingerprint density at radius 1 is 1.32 bits per heavy atom. The van der Waals surface area contributed by atoms with Crippen molar-refractivity contribution in [1.29, 1.82) is 0 Å². The van der Waals surface area contributed by atoms with Crippen molar-refractivity contribution in [2.75, 3.05) is 5.32 Å². The van der Waals surface area contributed by atoms with Crippen LogP contribution in [-0.4, -0.2) is 19.6 Å². The number of hydrogen-bond donors (Lipinski definition) is 1. The van der Waals surface area contributed by atoms with E-state index in [4.69, 9.17) is 11.6 Å². The van der Waals surface area contributed by atoms with Crippen LogP contribution in [0.3, 0.4) is 0 Å². The summed E-state index contributed by atoms with van der Waals surface area (Å²) in [4.78, 5) is 8.11. The van der Waals surface area contributed by atoms with Gasteiger partial charge in [-0.25, -0.2) is 0 Å². The fourth-order valence-corrected chi connectivity index (χ4v) is 2.08. The van der Waals surface area contributed by atoms with E-state index in [9.17, 15) is 0 Å². The van der Waals surface area contributed by atoms with Gasteiger partial charge in [0.15, 0.2) is 0 Å². The summed E-state index contributed by atoms with van der Waals surface area (Å²) in [5, 5.41) is 7.82. The summed E-state index contributed by atoms with van der Waals surface area (Å²) in [5.41, 5.74) is 2.47. The second kappa shape index (κ2) is 4.85. The molecule has 5 nitrogen and oxygen atoms in total. The highest BCUT2D eigenvalue weighted by atomic mass is 35.5. The standard InChI is InChI=1S/C13H12ClN5/c1-9-4-2-3-5-10(9)7-15-12-6-11(14)18-13-16-8-17-19(12)13/h2-6,8,15H,7H2,1H3. The van der Waals surface area contributed by atoms with Gasteiger partial charge in [0, 0.05) is 12.6 Å². The predicted octanol–water partition coefficient (Wildman–Crippen LogP) is 2.70. The zero-order valence-corrected chi connectivity index (χ0v) is 11.1. The van der Waals surface area contributed by atoms with Crippen LogP contribution in [0.4, 0.5) is 5.82 Å². The second-order valence-electron chi connectivity index (χ2n) is 4.22. The number of nitrogens with zero attached hydrogens (tertiary/aromatic N) is 4. The molecular formula is C13H12ClN5. The molecule has 0 amide bonds. The lowest BCUT2D eigenvalue weighted by atomic mass is 10.1. The van der Waals surface area contributed by atoms with Gasteiger partial charge in [0.1, 0.15) is 17.3 Å². The smallest absolute Gasteiger partial charge is 0.255 e. The monoisotopic (exact) mass is 273 g/mol. The van der Waals surface area contributed by atoms with E-state index in [1.54, 1.807) is 10.6 Å². The van der Waals surface area contributed by atoms with Crippen molar-refractivity contribution in [3.8, 4) is 0 Å². The van der Waals surface area contributed by atoms with E-state index < -0.39 is 0 Å². The summed E-state index contributed by atoms with van der Waals surface area (Å²) in [5.74, 6) is 1.26. The number of halogens is 1. The first kappa shape index (κ1) is 11.9. The molecule has 0 unspecified atom stereocenters. The summed E-state index contributed by atoms with van der Waals surface area (Å²) in [6.45, 7) is 2.78. The molecule has 0 aliphatic carbocycles. The first-order valence-corrected chi connectivity index (χ1v) is 6.26. The molecule has 2 heterocycles. The van der Waals surface area contributed by atoms with Crippen LogP contribution in [0.2, 0.25) is 5.15 Å². The van der Waals surface area contributed by atoms with Gasteiger partial charge in [0.05, 0.1) is 0 Å². The first-order valence-electron chi connectivity index (χ1n) is 5.89. The average Bonchev–Trinajstić information content (AvgIpc) is 2.85. The maximum atomic E-state index is 5.96. The Kier molecular flexibility index (Phi) is 3.05. The lowest BCUT2D eigenvalue weighted by Gasteiger charge is -2.10. The fraction of sp³-hybridized carbons (Fsp3) is 0.154. The lowest BCUT2D eigenvalue weighted by molar-refractivity contribution is 0.923. The molecule has 6 heteroatoms. The molecule has 3 rings (SSSR count). The van der Waals surface area contributed by atoms with Gasteiger partial charge in [-0.15, -0.1) is 0 Å². The second-order valence-corrected chi connectivity index (χ2v) is 4.60. The molecule has 0 bridgehead atoms. The Morgan fingerprint density at radius 2 is 2.16 bits per heavy atom. The van der Waals surface area contributed by atoms with Gasteiger partial charge in [0.25, 0.3) is 5.78 Å². The maximum Gasteiger partial charge on any atom is 0.255 e. The SMILES string of the molecule is Cc1ccccc1CNc1cc(Cl)nc2ncnn12. The number of anilines is 1. The minimum absolute atomic E-state index is 0.396. The highest BCUT2D eigenvalue weighted by molar-refractivity contribution is 6.29. The van der Waals surface area contributed by atoms with Crippen LogP contribution in [-0.2, 0) is 6.54 Å². The Bertz CT molecular complexity index is 722. The molecule has 0 atom stereocenters. The molecule has 3 aromatic rings. The van der Waals surface area contributed by atoms with Crippen LogP contribution in [0.5, 0.6) is 0 Å². The van der Waals surface area contributed by atoms with Gasteiger partial charge in [-0.3, -0.25) is 0 Å². The van der Waals surface area contributed by atoms with Crippen molar-refractivity contribution in [2.24, 2.45) is 0 Å². The lowest BCUT2D eigenvalue weighted by Crippen LogP contribution is -2.07. The average molecular weight is 274 g/mol. The molecule has 1 aromatic carbocycles. The number of hydrogen-bond acceptors (Lipinski definition) is 4. The van der Waals surface area contributed by atoms with Crippen LogP contribution in [0.1, 0.15) is 11.1 Å². The number of nitrogens with one attached hydrogen (secondary N) is 1. The Morgan fingerprint density at radius 3 is 3.00 bits per heavy atom. The molecule has 0 fully saturated rings. The van der Waals surface area contributed by atoms with E-state index in [1.807, 2.05) is 12.1 Å². The van der Waals surface area contributed by atoms with Crippen molar-refractivity contribution >= 4 is 23.2 Å². The molecule has 2 aromatic heterocycles. The normalized spacial score (nSPS) is 10.8. The molecule has 0 saturated carbocycles. The minimum atomic E-state index is 0.396. The van der Waals surface area contributed by atoms with Crippen molar-refractivity contribution in [1.82, 2.24) is 19.6 Å². The molecule has 96 valence electrons. The summed E-state index contributed by atoms with van der Waals surface area (Å²) in [6.07, 6.45) is 1.46. The summed E-state index contributed by atoms with van der Waals surface area (Å²) in [6, 6.07) is 9.96. The predicted molar refractivity (Wildman–Crippen MR) is 74.3 cm³/mol. The first-order chi connectivity index (χ1) is 9.24. The quantitative estimate of drug-likeness (QED) is 0.746. The van der Waals surface area contributed by atoms with E-state index in [1.165, 1.54) is 17.5 Å². The Balaban J connectivity index is 1.90. The van der Waals surface area contributed by atoms with Gasteiger partial charge in [0.2, 0.25) is 0 Å². The topological polar surface area (TPSA) is 55.1 Å². The van der Waals surface area contributed by atoms with Crippen LogP contribution >= 0.6 is 11.6 Å². The molecule has 0 saturated heterocycles. The zero-order chi connectivity index (χ0) is 13.2. The van der Waals surface area contributed by atoms with Crippen molar-refractivity contribution in [3.05, 3.63) is 52.9 Å². The van der Waals surface area contributed by atoms with E-state index in [2.05, 4.69) is 39.4 Å². The number of aromatic nitrogens is 4. The van der Waals surface area contributed by atoms with Gasteiger partial charge in [-0.05, 0) is 18.1 Å². The van der Waals surface area contributed by atoms with Crippen LogP contribution in [0, 0.1) is 6.92 Å². The number of benzene rings is 1. The molecule has 0 aliphatic heterocycles. The van der Waals surface area contributed by atoms with E-state index in [-0.39, 0.29) is 0 Å². The fourth-order valence-electron chi connectivity index (χ4n) is 1.90. The Labute approximate surface area is 115 Å². The molecule has 0 spiro atoms. The molecule has 0 radical (unpaired) electrons. The molecule has 19 heavy (non-hydrogen) atoms. The molecule has 0 aliphatic rings. The highest BCUT2D eigenvalue weighted by Gasteiger charge is 2.06. The van der Waals surface area contributed by atoms with Crippen LogP contribution in [0.15, 0.2) is 36.7 Å². The van der Waals surface area contributed by atoms with Crippen molar-refractivity contribution in [2.45, 2.75) is 13.5 Å². The number of fused-ring (bicyclic) bond motifs is 1. The maximum absolute atomic E-state index is 5.96. The van der Waals surface area contributed by atoms with Gasteiger partial charge in [-0.2, -0.15) is 19.6 Å². The largest absolute Gasteiger partial charge is 0.366 e. The number of rotatable bonds is 3. The van der Waals surface area contributed by atoms with Crippen LogP contribution in [0.25, 0.3) is 5.78 Å². The van der Waals surface area contributed by atoms with Gasteiger partial charge >= 0.3 is 0 Å². The van der Waals surface area contributed by atoms with E-state index in [0.717, 1.165) is 5.82 Å². The third-order valence-electron chi connectivity index (χ3n) is 2.94. The Hall–Kier alpha value is -2.14. The van der Waals surface area contributed by atoms with E-state index >= 15 is 0 Å². The summed E-state index contributed by atoms with van der Waals surface area (Å²) < 4.78 is 1.63. The van der Waals surface area contributed by atoms with Crippen molar-refractivity contribution in [3.63, 3.8) is 0 Å². The van der Waals surface area contributed by atoms with E-state index in [0.29, 0.717) is 17.5 Å². The van der Waals surface area contributed by atoms with Gasteiger partial charge < -0.3 is 5.32 Å². The summed E-state index contributed by atoms with van der Waals surface area (Å²) >= 11 is 5.96. The third-order valence-corrected chi connectivity index (χ3v) is 3.14. The minimum Gasteiger partial charge on any atom is -0.366 e. The van der Waals surface area contributed by atoms with Crippen LogP contribution < -0.4 is 5.32 Å². The van der Waals surface area contributed by atoms with Crippen molar-refractivity contribution < 1.29 is 0 Å². The number of aryl methyl sites for hydroxylation is 1. The zero-order valence-electron chi connectivity index (χ0n) is 10.3. The third kappa shape index (κ3) is 2.37. The summed E-state index contributed by atoms with van der Waals surface area (Å²) in [7, 11) is 0. The highest BCUT2D eigenvalue weighted by Crippen LogP contribution is 2.16.